The monoisotopic (exact) mass is 422 g/mol. The molecule has 0 bridgehead atoms. The first-order valence-electron chi connectivity index (χ1n) is 10.6. The van der Waals surface area contributed by atoms with Crippen molar-refractivity contribution in [3.63, 3.8) is 0 Å². The fourth-order valence-electron chi connectivity index (χ4n) is 5.01. The lowest BCUT2D eigenvalue weighted by Crippen LogP contribution is -2.48. The van der Waals surface area contributed by atoms with Crippen LogP contribution in [0.5, 0.6) is 0 Å². The Morgan fingerprint density at radius 1 is 1.20 bits per heavy atom. The SMILES string of the molecule is C=C1Nc2c(Cl)cc3cc(CN(C)Cc4ccccn4)oc3c2C2(CCCCC2)N1. The summed E-state index contributed by atoms with van der Waals surface area (Å²) in [5, 5.41) is 8.78. The minimum Gasteiger partial charge on any atom is -0.459 e. The van der Waals surface area contributed by atoms with E-state index < -0.39 is 0 Å². The number of furan rings is 1. The molecule has 0 saturated heterocycles. The fraction of sp³-hybridized carbons (Fsp3) is 0.375. The lowest BCUT2D eigenvalue weighted by molar-refractivity contribution is 0.248. The Hall–Kier alpha value is -2.50. The van der Waals surface area contributed by atoms with Crippen LogP contribution in [-0.4, -0.2) is 16.9 Å². The van der Waals surface area contributed by atoms with Gasteiger partial charge >= 0.3 is 0 Å². The topological polar surface area (TPSA) is 53.3 Å². The van der Waals surface area contributed by atoms with Gasteiger partial charge in [-0.2, -0.15) is 0 Å². The van der Waals surface area contributed by atoms with Crippen LogP contribution in [0.1, 0.15) is 49.1 Å². The maximum absolute atomic E-state index is 6.72. The van der Waals surface area contributed by atoms with Crippen molar-refractivity contribution >= 4 is 28.3 Å². The molecule has 2 aliphatic rings. The van der Waals surface area contributed by atoms with Crippen molar-refractivity contribution in [1.29, 1.82) is 0 Å². The third-order valence-electron chi connectivity index (χ3n) is 6.25. The van der Waals surface area contributed by atoms with Crippen LogP contribution in [0.4, 0.5) is 5.69 Å². The van der Waals surface area contributed by atoms with Crippen molar-refractivity contribution in [2.45, 2.75) is 50.7 Å². The second-order valence-electron chi connectivity index (χ2n) is 8.60. The van der Waals surface area contributed by atoms with Gasteiger partial charge in [0.25, 0.3) is 0 Å². The first kappa shape index (κ1) is 19.5. The Bertz CT molecular complexity index is 1090. The van der Waals surface area contributed by atoms with Crippen molar-refractivity contribution in [2.24, 2.45) is 0 Å². The van der Waals surface area contributed by atoms with Gasteiger partial charge in [-0.3, -0.25) is 9.88 Å². The van der Waals surface area contributed by atoms with E-state index >= 15 is 0 Å². The number of fused-ring (bicyclic) bond motifs is 4. The molecule has 0 radical (unpaired) electrons. The second kappa shape index (κ2) is 7.64. The quantitative estimate of drug-likeness (QED) is 0.559. The standard InChI is InChI=1S/C24H27ClN4O/c1-16-27-22-20(25)13-17-12-19(15-29(2)14-18-8-4-7-11-26-18)30-23(17)21(22)24(28-16)9-5-3-6-10-24/h4,7-8,11-13,27-28H,1,3,5-6,9-10,14-15H2,2H3. The predicted octanol–water partition coefficient (Wildman–Crippen LogP) is 5.76. The molecule has 3 aromatic rings. The van der Waals surface area contributed by atoms with Gasteiger partial charge in [0.2, 0.25) is 0 Å². The number of aromatic nitrogens is 1. The number of pyridine rings is 1. The van der Waals surface area contributed by atoms with Crippen LogP contribution in [0.3, 0.4) is 0 Å². The van der Waals surface area contributed by atoms with Crippen LogP contribution in [0.2, 0.25) is 5.02 Å². The van der Waals surface area contributed by atoms with Crippen LogP contribution in [0.15, 0.2) is 53.3 Å². The average molecular weight is 423 g/mol. The number of rotatable bonds is 4. The summed E-state index contributed by atoms with van der Waals surface area (Å²) in [6, 6.07) is 10.1. The minimum atomic E-state index is -0.159. The van der Waals surface area contributed by atoms with E-state index in [4.69, 9.17) is 16.0 Å². The summed E-state index contributed by atoms with van der Waals surface area (Å²) >= 11 is 6.72. The summed E-state index contributed by atoms with van der Waals surface area (Å²) in [6.07, 6.45) is 7.60. The van der Waals surface area contributed by atoms with Gasteiger partial charge in [0.05, 0.1) is 34.3 Å². The van der Waals surface area contributed by atoms with Crippen molar-refractivity contribution in [2.75, 3.05) is 12.4 Å². The lowest BCUT2D eigenvalue weighted by atomic mass is 9.74. The molecule has 0 amide bonds. The van der Waals surface area contributed by atoms with Gasteiger partial charge in [-0.1, -0.05) is 43.5 Å². The molecule has 30 heavy (non-hydrogen) atoms. The molecule has 0 atom stereocenters. The number of hydrogen-bond acceptors (Lipinski definition) is 5. The van der Waals surface area contributed by atoms with Gasteiger partial charge in [0.1, 0.15) is 11.3 Å². The summed E-state index contributed by atoms with van der Waals surface area (Å²) in [5.41, 5.74) is 3.93. The number of benzene rings is 1. The van der Waals surface area contributed by atoms with Crippen molar-refractivity contribution < 1.29 is 4.42 Å². The molecule has 156 valence electrons. The van der Waals surface area contributed by atoms with E-state index in [1.807, 2.05) is 30.5 Å². The van der Waals surface area contributed by atoms with Crippen molar-refractivity contribution in [1.82, 2.24) is 15.2 Å². The zero-order valence-electron chi connectivity index (χ0n) is 17.3. The molecule has 1 fully saturated rings. The summed E-state index contributed by atoms with van der Waals surface area (Å²) < 4.78 is 6.46. The van der Waals surface area contributed by atoms with E-state index in [2.05, 4.69) is 40.2 Å². The molecule has 0 unspecified atom stereocenters. The third kappa shape index (κ3) is 3.46. The molecule has 6 heteroatoms. The molecule has 1 saturated carbocycles. The van der Waals surface area contributed by atoms with Crippen LogP contribution in [0, 0.1) is 0 Å². The highest BCUT2D eigenvalue weighted by Crippen LogP contribution is 2.49. The number of halogens is 1. The molecule has 3 heterocycles. The zero-order chi connectivity index (χ0) is 20.7. The lowest BCUT2D eigenvalue weighted by Gasteiger charge is -2.44. The van der Waals surface area contributed by atoms with Gasteiger partial charge in [-0.15, -0.1) is 0 Å². The number of hydrogen-bond donors (Lipinski definition) is 2. The normalized spacial score (nSPS) is 17.8. The molecule has 2 N–H and O–H groups in total. The molecular weight excluding hydrogens is 396 g/mol. The van der Waals surface area contributed by atoms with Crippen molar-refractivity contribution in [3.8, 4) is 0 Å². The van der Waals surface area contributed by atoms with Gasteiger partial charge in [0, 0.05) is 23.7 Å². The summed E-state index contributed by atoms with van der Waals surface area (Å²) in [6.45, 7) is 5.62. The van der Waals surface area contributed by atoms with Crippen molar-refractivity contribution in [3.05, 3.63) is 71.0 Å². The Morgan fingerprint density at radius 3 is 2.80 bits per heavy atom. The Morgan fingerprint density at radius 2 is 2.03 bits per heavy atom. The fourth-order valence-corrected chi connectivity index (χ4v) is 5.27. The highest BCUT2D eigenvalue weighted by atomic mass is 35.5. The zero-order valence-corrected chi connectivity index (χ0v) is 18.1. The molecular formula is C24H27ClN4O. The minimum absolute atomic E-state index is 0.159. The maximum Gasteiger partial charge on any atom is 0.142 e. The average Bonchev–Trinajstić information content (AvgIpc) is 3.10. The highest BCUT2D eigenvalue weighted by Gasteiger charge is 2.42. The van der Waals surface area contributed by atoms with E-state index in [1.54, 1.807) is 0 Å². The summed E-state index contributed by atoms with van der Waals surface area (Å²) in [7, 11) is 2.08. The molecule has 1 aromatic carbocycles. The van der Waals surface area contributed by atoms with Gasteiger partial charge < -0.3 is 15.1 Å². The molecule has 1 spiro atoms. The first-order chi connectivity index (χ1) is 14.5. The summed E-state index contributed by atoms with van der Waals surface area (Å²) in [4.78, 5) is 6.63. The third-order valence-corrected chi connectivity index (χ3v) is 6.54. The number of anilines is 1. The van der Waals surface area contributed by atoms with E-state index in [0.29, 0.717) is 6.54 Å². The van der Waals surface area contributed by atoms with Gasteiger partial charge in [-0.25, -0.2) is 0 Å². The Labute approximate surface area is 182 Å². The summed E-state index contributed by atoms with van der Waals surface area (Å²) in [5.74, 6) is 1.75. The van der Waals surface area contributed by atoms with E-state index in [9.17, 15) is 0 Å². The number of nitrogens with one attached hydrogen (secondary N) is 2. The van der Waals surface area contributed by atoms with Crippen LogP contribution >= 0.6 is 11.6 Å². The first-order valence-corrected chi connectivity index (χ1v) is 11.0. The molecule has 5 nitrogen and oxygen atoms in total. The smallest absolute Gasteiger partial charge is 0.142 e. The highest BCUT2D eigenvalue weighted by molar-refractivity contribution is 6.34. The molecule has 2 aromatic heterocycles. The van der Waals surface area contributed by atoms with E-state index in [0.717, 1.165) is 63.9 Å². The predicted molar refractivity (Wildman–Crippen MR) is 121 cm³/mol. The Balaban J connectivity index is 1.52. The largest absolute Gasteiger partial charge is 0.459 e. The van der Waals surface area contributed by atoms with E-state index in [-0.39, 0.29) is 5.54 Å². The van der Waals surface area contributed by atoms with Crippen LogP contribution in [-0.2, 0) is 18.6 Å². The van der Waals surface area contributed by atoms with E-state index in [1.165, 1.54) is 19.3 Å². The van der Waals surface area contributed by atoms with Gasteiger partial charge in [0.15, 0.2) is 0 Å². The van der Waals surface area contributed by atoms with Crippen LogP contribution in [0.25, 0.3) is 11.0 Å². The van der Waals surface area contributed by atoms with Crippen LogP contribution < -0.4 is 10.6 Å². The molecule has 1 aliphatic carbocycles. The number of nitrogens with zero attached hydrogens (tertiary/aromatic N) is 2. The second-order valence-corrected chi connectivity index (χ2v) is 9.01. The molecule has 5 rings (SSSR count). The molecule has 1 aliphatic heterocycles. The maximum atomic E-state index is 6.72. The Kier molecular flexibility index (Phi) is 4.95. The van der Waals surface area contributed by atoms with Gasteiger partial charge in [-0.05, 0) is 44.2 Å².